The molecule has 1 aliphatic heterocycles. The van der Waals surface area contributed by atoms with E-state index < -0.39 is 23.0 Å². The number of anilines is 1. The Morgan fingerprint density at radius 1 is 0.969 bits per heavy atom. The lowest BCUT2D eigenvalue weighted by atomic mass is 10.1. The fraction of sp³-hybridized carbons (Fsp3) is 0.318. The lowest BCUT2D eigenvalue weighted by molar-refractivity contribution is -0.137. The van der Waals surface area contributed by atoms with E-state index in [-0.39, 0.29) is 18.9 Å². The Bertz CT molecular complexity index is 1260. The van der Waals surface area contributed by atoms with Crippen molar-refractivity contribution in [1.29, 1.82) is 0 Å². The average Bonchev–Trinajstić information content (AvgIpc) is 2.78. The molecule has 2 heterocycles. The van der Waals surface area contributed by atoms with Gasteiger partial charge in [0.2, 0.25) is 5.91 Å². The standard InChI is InChI=1S/C22H21F3N4O3/c23-22(24,25)15-4-3-5-16(14-15)27-10-12-28(13-11-27)19(30)8-9-29-18-7-2-1-6-17(18)20(31)26-21(29)32/h1-7,14H,8-13H2,(H,26,31,32). The van der Waals surface area contributed by atoms with Crippen molar-refractivity contribution in [3.63, 3.8) is 0 Å². The first-order chi connectivity index (χ1) is 15.2. The fourth-order valence-electron chi connectivity index (χ4n) is 3.92. The Labute approximate surface area is 180 Å². The van der Waals surface area contributed by atoms with Gasteiger partial charge in [-0.2, -0.15) is 13.2 Å². The molecular weight excluding hydrogens is 425 g/mol. The van der Waals surface area contributed by atoms with Gasteiger partial charge >= 0.3 is 11.9 Å². The molecule has 0 spiro atoms. The third kappa shape index (κ3) is 4.39. The predicted molar refractivity (Wildman–Crippen MR) is 114 cm³/mol. The van der Waals surface area contributed by atoms with Crippen molar-refractivity contribution in [1.82, 2.24) is 14.5 Å². The lowest BCUT2D eigenvalue weighted by Gasteiger charge is -2.36. The summed E-state index contributed by atoms with van der Waals surface area (Å²) in [5.74, 6) is -0.157. The molecule has 1 amide bonds. The van der Waals surface area contributed by atoms with Gasteiger partial charge in [0.1, 0.15) is 0 Å². The van der Waals surface area contributed by atoms with Crippen molar-refractivity contribution in [2.75, 3.05) is 31.1 Å². The van der Waals surface area contributed by atoms with E-state index in [4.69, 9.17) is 0 Å². The van der Waals surface area contributed by atoms with Crippen LogP contribution < -0.4 is 16.1 Å². The van der Waals surface area contributed by atoms with Gasteiger partial charge in [0.25, 0.3) is 5.56 Å². The minimum absolute atomic E-state index is 0.0690. The Balaban J connectivity index is 1.40. The number of hydrogen-bond donors (Lipinski definition) is 1. The molecule has 7 nitrogen and oxygen atoms in total. The van der Waals surface area contributed by atoms with Crippen LogP contribution in [0, 0.1) is 0 Å². The molecule has 2 aromatic carbocycles. The number of piperazine rings is 1. The van der Waals surface area contributed by atoms with Crippen LogP contribution >= 0.6 is 0 Å². The van der Waals surface area contributed by atoms with Crippen LogP contribution in [-0.4, -0.2) is 46.5 Å². The summed E-state index contributed by atoms with van der Waals surface area (Å²) in [6.45, 7) is 1.68. The number of aromatic nitrogens is 2. The zero-order valence-corrected chi connectivity index (χ0v) is 17.1. The van der Waals surface area contributed by atoms with Crippen molar-refractivity contribution in [3.05, 3.63) is 74.9 Å². The molecular formula is C22H21F3N4O3. The SMILES string of the molecule is O=C(CCn1c(=O)[nH]c(=O)c2ccccc21)N1CCN(c2cccc(C(F)(F)F)c2)CC1. The highest BCUT2D eigenvalue weighted by Crippen LogP contribution is 2.31. The van der Waals surface area contributed by atoms with Crippen molar-refractivity contribution >= 4 is 22.5 Å². The van der Waals surface area contributed by atoms with E-state index in [9.17, 15) is 27.6 Å². The molecule has 0 radical (unpaired) electrons. The Kier molecular flexibility index (Phi) is 5.77. The van der Waals surface area contributed by atoms with Gasteiger partial charge in [0.15, 0.2) is 0 Å². The Morgan fingerprint density at radius 3 is 2.41 bits per heavy atom. The highest BCUT2D eigenvalue weighted by Gasteiger charge is 2.31. The van der Waals surface area contributed by atoms with Crippen molar-refractivity contribution in [2.24, 2.45) is 0 Å². The summed E-state index contributed by atoms with van der Waals surface area (Å²) in [5.41, 5.74) is -0.816. The van der Waals surface area contributed by atoms with E-state index >= 15 is 0 Å². The first kappa shape index (κ1) is 21.7. The Morgan fingerprint density at radius 2 is 1.69 bits per heavy atom. The molecule has 0 saturated carbocycles. The molecule has 32 heavy (non-hydrogen) atoms. The number of carbonyl (C=O) groups is 1. The van der Waals surface area contributed by atoms with Gasteiger partial charge in [0, 0.05) is 44.8 Å². The van der Waals surface area contributed by atoms with Crippen LogP contribution in [0.15, 0.2) is 58.1 Å². The van der Waals surface area contributed by atoms with Gasteiger partial charge in [-0.1, -0.05) is 18.2 Å². The summed E-state index contributed by atoms with van der Waals surface area (Å²) in [5, 5.41) is 0.370. The molecule has 1 fully saturated rings. The van der Waals surface area contributed by atoms with E-state index in [2.05, 4.69) is 4.98 Å². The van der Waals surface area contributed by atoms with Crippen LogP contribution in [-0.2, 0) is 17.5 Å². The number of halogens is 3. The molecule has 0 unspecified atom stereocenters. The van der Waals surface area contributed by atoms with E-state index in [1.165, 1.54) is 10.6 Å². The second kappa shape index (κ2) is 8.52. The zero-order chi connectivity index (χ0) is 22.9. The second-order valence-electron chi connectivity index (χ2n) is 7.59. The number of nitrogens with zero attached hydrogens (tertiary/aromatic N) is 3. The smallest absolute Gasteiger partial charge is 0.368 e. The van der Waals surface area contributed by atoms with Crippen LogP contribution in [0.2, 0.25) is 0 Å². The summed E-state index contributed by atoms with van der Waals surface area (Å²) in [6.07, 6.45) is -4.34. The summed E-state index contributed by atoms with van der Waals surface area (Å²) in [4.78, 5) is 42.6. The molecule has 0 atom stereocenters. The van der Waals surface area contributed by atoms with E-state index in [0.29, 0.717) is 42.8 Å². The highest BCUT2D eigenvalue weighted by atomic mass is 19.4. The van der Waals surface area contributed by atoms with Crippen LogP contribution in [0.3, 0.4) is 0 Å². The number of rotatable bonds is 4. The van der Waals surface area contributed by atoms with E-state index in [1.807, 2.05) is 4.90 Å². The number of H-pyrrole nitrogens is 1. The molecule has 0 bridgehead atoms. The number of nitrogens with one attached hydrogen (secondary N) is 1. The first-order valence-corrected chi connectivity index (χ1v) is 10.2. The van der Waals surface area contributed by atoms with Gasteiger partial charge in [0.05, 0.1) is 16.5 Å². The number of alkyl halides is 3. The monoisotopic (exact) mass is 446 g/mol. The predicted octanol–water partition coefficient (Wildman–Crippen LogP) is 2.45. The number of hydrogen-bond acceptors (Lipinski definition) is 4. The third-order valence-electron chi connectivity index (χ3n) is 5.63. The first-order valence-electron chi connectivity index (χ1n) is 10.2. The maximum Gasteiger partial charge on any atom is 0.416 e. The Hall–Kier alpha value is -3.56. The summed E-state index contributed by atoms with van der Waals surface area (Å²) >= 11 is 0. The van der Waals surface area contributed by atoms with Crippen molar-refractivity contribution < 1.29 is 18.0 Å². The van der Waals surface area contributed by atoms with Gasteiger partial charge in [-0.05, 0) is 30.3 Å². The molecule has 3 aromatic rings. The van der Waals surface area contributed by atoms with Crippen LogP contribution in [0.4, 0.5) is 18.9 Å². The summed E-state index contributed by atoms with van der Waals surface area (Å²) in [7, 11) is 0. The fourth-order valence-corrected chi connectivity index (χ4v) is 3.92. The number of fused-ring (bicyclic) bond motifs is 1. The number of aryl methyl sites for hydroxylation is 1. The van der Waals surface area contributed by atoms with Crippen LogP contribution in [0.25, 0.3) is 10.9 Å². The quantitative estimate of drug-likeness (QED) is 0.668. The minimum atomic E-state index is -4.40. The molecule has 1 saturated heterocycles. The van der Waals surface area contributed by atoms with E-state index in [0.717, 1.165) is 12.1 Å². The van der Waals surface area contributed by atoms with E-state index in [1.54, 1.807) is 35.2 Å². The van der Waals surface area contributed by atoms with Crippen molar-refractivity contribution in [3.8, 4) is 0 Å². The molecule has 10 heteroatoms. The third-order valence-corrected chi connectivity index (χ3v) is 5.63. The number of aromatic amines is 1. The average molecular weight is 446 g/mol. The molecule has 1 aliphatic rings. The van der Waals surface area contributed by atoms with Gasteiger partial charge in [-0.3, -0.25) is 19.1 Å². The number of benzene rings is 2. The van der Waals surface area contributed by atoms with Crippen molar-refractivity contribution in [2.45, 2.75) is 19.1 Å². The number of amides is 1. The number of para-hydroxylation sites is 1. The largest absolute Gasteiger partial charge is 0.416 e. The van der Waals surface area contributed by atoms with Gasteiger partial charge < -0.3 is 9.80 Å². The number of carbonyl (C=O) groups excluding carboxylic acids is 1. The maximum absolute atomic E-state index is 13.0. The normalized spacial score (nSPS) is 14.7. The molecule has 168 valence electrons. The zero-order valence-electron chi connectivity index (χ0n) is 17.1. The molecule has 1 aromatic heterocycles. The van der Waals surface area contributed by atoms with Gasteiger partial charge in [-0.25, -0.2) is 4.79 Å². The van der Waals surface area contributed by atoms with Crippen LogP contribution in [0.5, 0.6) is 0 Å². The lowest BCUT2D eigenvalue weighted by Crippen LogP contribution is -2.49. The summed E-state index contributed by atoms with van der Waals surface area (Å²) < 4.78 is 40.3. The minimum Gasteiger partial charge on any atom is -0.368 e. The maximum atomic E-state index is 13.0. The van der Waals surface area contributed by atoms with Gasteiger partial charge in [-0.15, -0.1) is 0 Å². The second-order valence-corrected chi connectivity index (χ2v) is 7.59. The highest BCUT2D eigenvalue weighted by molar-refractivity contribution is 5.79. The summed E-state index contributed by atoms with van der Waals surface area (Å²) in [6, 6.07) is 11.8. The molecule has 4 rings (SSSR count). The van der Waals surface area contributed by atoms with Crippen LogP contribution in [0.1, 0.15) is 12.0 Å². The molecule has 0 aliphatic carbocycles. The topological polar surface area (TPSA) is 78.4 Å². The molecule has 1 N–H and O–H groups in total.